The SMILES string of the molecule is CC(C)c1nc(C(C)(C)O)c(C(F)(F)F)s1. The first kappa shape index (κ1) is 13.4. The quantitative estimate of drug-likeness (QED) is 0.874. The molecule has 16 heavy (non-hydrogen) atoms. The number of hydrogen-bond acceptors (Lipinski definition) is 3. The Morgan fingerprint density at radius 3 is 2.00 bits per heavy atom. The Morgan fingerprint density at radius 2 is 1.75 bits per heavy atom. The summed E-state index contributed by atoms with van der Waals surface area (Å²) in [7, 11) is 0. The van der Waals surface area contributed by atoms with Gasteiger partial charge in [0.1, 0.15) is 10.5 Å². The molecule has 1 N–H and O–H groups in total. The van der Waals surface area contributed by atoms with E-state index in [-0.39, 0.29) is 11.6 Å². The third-order valence-corrected chi connectivity index (χ3v) is 3.38. The summed E-state index contributed by atoms with van der Waals surface area (Å²) in [6.45, 7) is 6.16. The summed E-state index contributed by atoms with van der Waals surface area (Å²) < 4.78 is 38.1. The highest BCUT2D eigenvalue weighted by Crippen LogP contribution is 2.41. The standard InChI is InChI=1S/C10H14F3NOS/c1-5(2)8-14-6(9(3,4)15)7(16-8)10(11,12)13/h5,15H,1-4H3. The van der Waals surface area contributed by atoms with Crippen LogP contribution in [0.4, 0.5) is 13.2 Å². The molecular weight excluding hydrogens is 239 g/mol. The first-order chi connectivity index (χ1) is 7.03. The average Bonchev–Trinajstić information content (AvgIpc) is 2.44. The molecular formula is C10H14F3NOS. The van der Waals surface area contributed by atoms with E-state index in [0.717, 1.165) is 0 Å². The first-order valence-corrected chi connectivity index (χ1v) is 5.66. The zero-order valence-electron chi connectivity index (χ0n) is 9.51. The van der Waals surface area contributed by atoms with E-state index >= 15 is 0 Å². The van der Waals surface area contributed by atoms with Gasteiger partial charge in [0.25, 0.3) is 0 Å². The second-order valence-corrected chi connectivity index (χ2v) is 5.47. The largest absolute Gasteiger partial charge is 0.427 e. The maximum atomic E-state index is 12.7. The van der Waals surface area contributed by atoms with Crippen LogP contribution in [0.25, 0.3) is 0 Å². The predicted octanol–water partition coefficient (Wildman–Crippen LogP) is 3.51. The van der Waals surface area contributed by atoms with Gasteiger partial charge in [-0.3, -0.25) is 0 Å². The third kappa shape index (κ3) is 2.74. The van der Waals surface area contributed by atoms with Crippen molar-refractivity contribution in [3.8, 4) is 0 Å². The van der Waals surface area contributed by atoms with Gasteiger partial charge in [-0.25, -0.2) is 4.98 Å². The molecule has 0 bridgehead atoms. The maximum absolute atomic E-state index is 12.7. The van der Waals surface area contributed by atoms with Crippen molar-refractivity contribution in [3.63, 3.8) is 0 Å². The van der Waals surface area contributed by atoms with Crippen molar-refractivity contribution in [2.45, 2.75) is 45.4 Å². The number of aliphatic hydroxyl groups is 1. The summed E-state index contributed by atoms with van der Waals surface area (Å²) in [6, 6.07) is 0. The van der Waals surface area contributed by atoms with Crippen molar-refractivity contribution in [2.24, 2.45) is 0 Å². The first-order valence-electron chi connectivity index (χ1n) is 4.84. The van der Waals surface area contributed by atoms with E-state index in [4.69, 9.17) is 0 Å². The normalized spacial score (nSPS) is 13.6. The van der Waals surface area contributed by atoms with E-state index in [1.54, 1.807) is 13.8 Å². The minimum absolute atomic E-state index is 0.0813. The van der Waals surface area contributed by atoms with Crippen molar-refractivity contribution in [2.75, 3.05) is 0 Å². The predicted molar refractivity (Wildman–Crippen MR) is 56.4 cm³/mol. The number of aromatic nitrogens is 1. The summed E-state index contributed by atoms with van der Waals surface area (Å²) in [5.41, 5.74) is -1.86. The van der Waals surface area contributed by atoms with Gasteiger partial charge in [0.05, 0.1) is 10.7 Å². The van der Waals surface area contributed by atoms with Crippen LogP contribution in [0.1, 0.15) is 49.2 Å². The van der Waals surface area contributed by atoms with Gasteiger partial charge in [-0.2, -0.15) is 13.2 Å². The van der Waals surface area contributed by atoms with Gasteiger partial charge in [-0.15, -0.1) is 11.3 Å². The number of hydrogen-bond donors (Lipinski definition) is 1. The zero-order chi connectivity index (χ0) is 12.7. The monoisotopic (exact) mass is 253 g/mol. The molecule has 92 valence electrons. The van der Waals surface area contributed by atoms with Gasteiger partial charge in [0.15, 0.2) is 0 Å². The van der Waals surface area contributed by atoms with Crippen molar-refractivity contribution >= 4 is 11.3 Å². The van der Waals surface area contributed by atoms with E-state index < -0.39 is 16.7 Å². The molecule has 1 aromatic heterocycles. The van der Waals surface area contributed by atoms with E-state index in [1.165, 1.54) is 13.8 Å². The van der Waals surface area contributed by atoms with Crippen molar-refractivity contribution in [1.29, 1.82) is 0 Å². The molecule has 2 nitrogen and oxygen atoms in total. The highest BCUT2D eigenvalue weighted by atomic mass is 32.1. The molecule has 0 saturated carbocycles. The van der Waals surface area contributed by atoms with Gasteiger partial charge < -0.3 is 5.11 Å². The lowest BCUT2D eigenvalue weighted by atomic mass is 10.0. The summed E-state index contributed by atoms with van der Waals surface area (Å²) >= 11 is 0.605. The number of thiazole rings is 1. The van der Waals surface area contributed by atoms with Gasteiger partial charge in [0.2, 0.25) is 0 Å². The Hall–Kier alpha value is -0.620. The van der Waals surface area contributed by atoms with Crippen molar-refractivity contribution < 1.29 is 18.3 Å². The lowest BCUT2D eigenvalue weighted by Crippen LogP contribution is -2.21. The van der Waals surface area contributed by atoms with Crippen LogP contribution in [0.15, 0.2) is 0 Å². The average molecular weight is 253 g/mol. The Bertz CT molecular complexity index is 345. The maximum Gasteiger partial charge on any atom is 0.427 e. The summed E-state index contributed by atoms with van der Waals surface area (Å²) in [6.07, 6.45) is -4.46. The topological polar surface area (TPSA) is 33.1 Å². The van der Waals surface area contributed by atoms with Gasteiger partial charge in [-0.1, -0.05) is 13.8 Å². The Balaban J connectivity index is 3.36. The number of halogens is 3. The molecule has 1 aromatic rings. The van der Waals surface area contributed by atoms with Crippen LogP contribution in [0.3, 0.4) is 0 Å². The van der Waals surface area contributed by atoms with E-state index in [2.05, 4.69) is 4.98 Å². The molecule has 0 aromatic carbocycles. The molecule has 1 heterocycles. The summed E-state index contributed by atoms with van der Waals surface area (Å²) in [5, 5.41) is 10.1. The minimum atomic E-state index is -4.46. The van der Waals surface area contributed by atoms with Crippen molar-refractivity contribution in [3.05, 3.63) is 15.6 Å². The van der Waals surface area contributed by atoms with Crippen LogP contribution in [0, 0.1) is 0 Å². The van der Waals surface area contributed by atoms with Gasteiger partial charge in [-0.05, 0) is 13.8 Å². The highest BCUT2D eigenvalue weighted by molar-refractivity contribution is 7.12. The van der Waals surface area contributed by atoms with Gasteiger partial charge in [0, 0.05) is 5.92 Å². The molecule has 0 saturated heterocycles. The molecule has 0 aliphatic heterocycles. The van der Waals surface area contributed by atoms with Crippen LogP contribution in [-0.4, -0.2) is 10.1 Å². The molecule has 0 spiro atoms. The molecule has 6 heteroatoms. The van der Waals surface area contributed by atoms with Crippen LogP contribution in [0.5, 0.6) is 0 Å². The number of rotatable bonds is 2. The summed E-state index contributed by atoms with van der Waals surface area (Å²) in [5.74, 6) is -0.0813. The summed E-state index contributed by atoms with van der Waals surface area (Å²) in [4.78, 5) is 3.09. The van der Waals surface area contributed by atoms with Crippen molar-refractivity contribution in [1.82, 2.24) is 4.98 Å². The molecule has 1 rings (SSSR count). The molecule has 0 aliphatic rings. The molecule has 0 fully saturated rings. The molecule has 0 radical (unpaired) electrons. The van der Waals surface area contributed by atoms with Crippen LogP contribution < -0.4 is 0 Å². The van der Waals surface area contributed by atoms with E-state index in [9.17, 15) is 18.3 Å². The highest BCUT2D eigenvalue weighted by Gasteiger charge is 2.41. The Morgan fingerprint density at radius 1 is 1.25 bits per heavy atom. The molecule has 0 unspecified atom stereocenters. The fourth-order valence-corrected chi connectivity index (χ4v) is 2.28. The fourth-order valence-electron chi connectivity index (χ4n) is 1.19. The van der Waals surface area contributed by atoms with Crippen LogP contribution in [-0.2, 0) is 11.8 Å². The zero-order valence-corrected chi connectivity index (χ0v) is 10.3. The Labute approximate surface area is 96.1 Å². The van der Waals surface area contributed by atoms with Gasteiger partial charge >= 0.3 is 6.18 Å². The molecule has 0 atom stereocenters. The lowest BCUT2D eigenvalue weighted by molar-refractivity contribution is -0.137. The smallest absolute Gasteiger partial charge is 0.384 e. The van der Waals surface area contributed by atoms with Crippen LogP contribution in [0.2, 0.25) is 0 Å². The number of nitrogens with zero attached hydrogens (tertiary/aromatic N) is 1. The molecule has 0 amide bonds. The van der Waals surface area contributed by atoms with Crippen LogP contribution >= 0.6 is 11.3 Å². The molecule has 0 aliphatic carbocycles. The third-order valence-electron chi connectivity index (χ3n) is 1.97. The fraction of sp³-hybridized carbons (Fsp3) is 0.700. The van der Waals surface area contributed by atoms with E-state index in [0.29, 0.717) is 16.3 Å². The lowest BCUT2D eigenvalue weighted by Gasteiger charge is -2.17. The minimum Gasteiger partial charge on any atom is -0.384 e. The number of alkyl halides is 3. The second kappa shape index (κ2) is 4.00. The Kier molecular flexibility index (Phi) is 3.36. The van der Waals surface area contributed by atoms with E-state index in [1.807, 2.05) is 0 Å². The second-order valence-electron chi connectivity index (χ2n) is 4.44.